The number of alkyl halides is 4. The SMILES string of the molecule is CC[C@@H]1CCN(C(=O)Nc2ccc(C)c(-c3cc(-c4cscn4)nc(N4CCOCC4)c3)c2)C1.CC[C@@H]1CCN(C(=O)Nc2ccc(C)c(-c3cc(-c4cscn4)nc(N4CCOCC4)c3)c2)C1.Cc1ccc(NC(=O)N2CC[C@@H](CC(F)(F)F)C2)cc1B1OC(C)(C)C(C)(C)O1.Clc1cc(-c2cscn2)nc(N2CCOCC2)c1.NC=S.O=C(CBr)c1cc(Cl)cc(N2CCOCC2)n1. The second kappa shape index (κ2) is 48.6. The van der Waals surface area contributed by atoms with Crippen molar-refractivity contribution in [3.8, 4) is 56.4 Å². The number of hydrogen-bond acceptors (Lipinski definition) is 25. The lowest BCUT2D eigenvalue weighted by Gasteiger charge is -2.32. The van der Waals surface area contributed by atoms with Crippen molar-refractivity contribution in [1.82, 2.24) is 49.6 Å². The van der Waals surface area contributed by atoms with E-state index < -0.39 is 42.9 Å². The molecule has 3 aromatic carbocycles. The number of urea groups is 3. The standard InChI is InChI=1S/2C26H31N5O2S.C20H28BF3N2O3.C12H12ClN3OS.C11H12BrClN2O2.CH3NS/c2*1-3-19-6-7-31(15-19)26(32)28-21-5-4-18(2)22(14-21)20-12-23(24-16-34-17-27-24)29-25(13-20)30-8-10-33-11-9-30;1-13-6-7-15(10-16(13)21-28-18(2,3)19(4,5)29-21)25-17(27)26-9-8-14(12-26)11-20(22,23)24;13-9-5-10(11-7-18-8-14-11)15-12(6-9)16-1-3-17-4-2-16;12-7-10(16)9-5-8(13)6-11(14-9)15-1-3-17-4-2-15;2-1-3/h2*4-5,12-14,16-17,19H,3,6-11,15H2,1-2H3,(H,28,32);6-7,10,14H,8-9,11-12H2,1-5H3,(H,25,27);5-8H,1-4H2;5-6H,1-4,7H2;1H,(H2,2,3)/t2*19-;14-;;;/m110.../s1. The Bertz CT molecular complexity index is 5410. The van der Waals surface area contributed by atoms with Gasteiger partial charge in [-0.3, -0.25) is 4.79 Å². The summed E-state index contributed by atoms with van der Waals surface area (Å²) in [5.41, 5.74) is 26.3. The zero-order valence-electron chi connectivity index (χ0n) is 77.5. The Morgan fingerprint density at radius 1 is 0.489 bits per heavy atom. The number of amides is 6. The average molecular weight is 2030 g/mol. The summed E-state index contributed by atoms with van der Waals surface area (Å²) in [6.45, 7) is 34.3. The lowest BCUT2D eigenvalue weighted by molar-refractivity contribution is -0.143. The molecule has 5 N–H and O–H groups in total. The van der Waals surface area contributed by atoms with Gasteiger partial charge in [-0.05, 0) is 209 Å². The summed E-state index contributed by atoms with van der Waals surface area (Å²) in [6, 6.07) is 32.9. The van der Waals surface area contributed by atoms with Gasteiger partial charge in [0.25, 0.3) is 0 Å². The summed E-state index contributed by atoms with van der Waals surface area (Å²) >= 11 is 24.0. The maximum Gasteiger partial charge on any atom is 0.495 e. The Balaban J connectivity index is 0.000000145. The number of nitrogens with one attached hydrogen (secondary N) is 3. The Hall–Kier alpha value is -9.61. The molecule has 3 atom stereocenters. The number of halogens is 6. The van der Waals surface area contributed by atoms with Crippen molar-refractivity contribution in [2.45, 2.75) is 118 Å². The number of hydrogen-bond donors (Lipinski definition) is 4. The fraction of sp³-hybridized carbons (Fsp3) is 0.458. The molecule has 0 radical (unpaired) electrons. The van der Waals surface area contributed by atoms with Crippen LogP contribution in [0.25, 0.3) is 56.4 Å². The highest BCUT2D eigenvalue weighted by molar-refractivity contribution is 9.09. The van der Waals surface area contributed by atoms with E-state index in [9.17, 15) is 32.3 Å². The first-order valence-corrected chi connectivity index (χ1v) is 50.6. The molecule has 39 heteroatoms. The highest BCUT2D eigenvalue weighted by atomic mass is 79.9. The fourth-order valence-corrected chi connectivity index (χ4v) is 18.9. The molecule has 15 heterocycles. The number of nitrogens with two attached hydrogens (primary N) is 1. The zero-order valence-corrected chi connectivity index (χ0v) is 83.9. The topological polar surface area (TPSA) is 299 Å². The van der Waals surface area contributed by atoms with E-state index in [1.165, 1.54) is 4.90 Å². The van der Waals surface area contributed by atoms with Crippen molar-refractivity contribution in [3.63, 3.8) is 0 Å². The summed E-state index contributed by atoms with van der Waals surface area (Å²) < 4.78 is 71.6. The molecule has 18 rings (SSSR count). The number of aryl methyl sites for hydroxylation is 3. The Kier molecular flexibility index (Phi) is 37.0. The van der Waals surface area contributed by atoms with Crippen LogP contribution in [-0.2, 0) is 28.3 Å². The molecule has 0 saturated carbocycles. The maximum absolute atomic E-state index is 12.9. The Morgan fingerprint density at radius 2 is 0.830 bits per heavy atom. The minimum absolute atomic E-state index is 0.0161. The van der Waals surface area contributed by atoms with E-state index in [0.717, 1.165) is 236 Å². The number of morpholine rings is 4. The second-order valence-corrected chi connectivity index (χ2v) is 38.8. The molecule has 28 nitrogen and oxygen atoms in total. The van der Waals surface area contributed by atoms with Crippen molar-refractivity contribution in [2.75, 3.05) is 185 Å². The number of thiocarbonyl (C=S) groups is 1. The van der Waals surface area contributed by atoms with Gasteiger partial charge in [-0.1, -0.05) is 102 Å². The predicted molar refractivity (Wildman–Crippen MR) is 543 cm³/mol. The number of Topliss-reactive ketones (excluding diaryl/α,β-unsaturated/α-hetero) is 1. The number of carbonyl (C=O) groups is 4. The van der Waals surface area contributed by atoms with E-state index in [0.29, 0.717) is 85.9 Å². The van der Waals surface area contributed by atoms with E-state index in [-0.39, 0.29) is 29.7 Å². The third kappa shape index (κ3) is 28.6. The van der Waals surface area contributed by atoms with E-state index >= 15 is 0 Å². The number of carbonyl (C=O) groups excluding carboxylic acids is 4. The second-order valence-electron chi connectivity index (χ2n) is 34.9. The lowest BCUT2D eigenvalue weighted by atomic mass is 9.76. The van der Waals surface area contributed by atoms with Crippen LogP contribution in [0.4, 0.5) is 67.9 Å². The van der Waals surface area contributed by atoms with Crippen LogP contribution in [0.5, 0.6) is 0 Å². The van der Waals surface area contributed by atoms with Crippen LogP contribution in [0, 0.1) is 38.5 Å². The molecule has 0 unspecified atom stereocenters. The summed E-state index contributed by atoms with van der Waals surface area (Å²) in [5.74, 6) is 4.11. The van der Waals surface area contributed by atoms with Crippen molar-refractivity contribution in [2.24, 2.45) is 23.5 Å². The van der Waals surface area contributed by atoms with Gasteiger partial charge in [0, 0.05) is 141 Å². The molecule has 135 heavy (non-hydrogen) atoms. The van der Waals surface area contributed by atoms with Gasteiger partial charge in [-0.2, -0.15) is 13.2 Å². The number of nitrogens with zero attached hydrogens (tertiary/aromatic N) is 14. The molecule has 720 valence electrons. The fourth-order valence-electron chi connectivity index (χ4n) is 16.5. The van der Waals surface area contributed by atoms with Crippen molar-refractivity contribution < 1.29 is 60.6 Å². The molecule has 6 amide bonds. The van der Waals surface area contributed by atoms with Crippen molar-refractivity contribution in [1.29, 1.82) is 0 Å². The van der Waals surface area contributed by atoms with Gasteiger partial charge < -0.3 is 84.2 Å². The predicted octanol–water partition coefficient (Wildman–Crippen LogP) is 19.4. The van der Waals surface area contributed by atoms with Gasteiger partial charge in [-0.15, -0.1) is 34.0 Å². The number of rotatable bonds is 18. The third-order valence-electron chi connectivity index (χ3n) is 25.0. The number of thiazole rings is 3. The van der Waals surface area contributed by atoms with Crippen LogP contribution in [0.2, 0.25) is 10.0 Å². The van der Waals surface area contributed by atoms with Crippen LogP contribution in [0.15, 0.2) is 136 Å². The largest absolute Gasteiger partial charge is 0.495 e. The molecule has 8 aliphatic heterocycles. The number of ketones is 1. The van der Waals surface area contributed by atoms with Gasteiger partial charge in [0.05, 0.1) is 126 Å². The minimum atomic E-state index is -4.20. The summed E-state index contributed by atoms with van der Waals surface area (Å²) in [7, 11) is -0.556. The number of anilines is 7. The summed E-state index contributed by atoms with van der Waals surface area (Å²) in [6.07, 6.45) is -0.284. The number of benzene rings is 3. The molecule has 8 fully saturated rings. The van der Waals surface area contributed by atoms with Gasteiger partial charge in [0.2, 0.25) is 0 Å². The van der Waals surface area contributed by atoms with E-state index in [1.54, 1.807) is 63.8 Å². The average Bonchev–Trinajstić information content (AvgIpc) is 1.60. The quantitative estimate of drug-likeness (QED) is 0.0268. The highest BCUT2D eigenvalue weighted by Crippen LogP contribution is 2.40. The highest BCUT2D eigenvalue weighted by Gasteiger charge is 2.52. The minimum Gasteiger partial charge on any atom is -0.399 e. The first-order chi connectivity index (χ1) is 64.9. The van der Waals surface area contributed by atoms with Gasteiger partial charge >= 0.3 is 31.4 Å². The molecule has 7 aromatic heterocycles. The number of ether oxygens (including phenoxy) is 4. The third-order valence-corrected chi connectivity index (χ3v) is 27.7. The van der Waals surface area contributed by atoms with Gasteiger partial charge in [0.1, 0.15) is 29.0 Å². The van der Waals surface area contributed by atoms with Crippen LogP contribution in [-0.4, -0.2) is 253 Å². The first kappa shape index (κ1) is 103. The Morgan fingerprint density at radius 3 is 1.19 bits per heavy atom. The normalized spacial score (nSPS) is 18.5. The first-order valence-electron chi connectivity index (χ1n) is 45.5. The monoisotopic (exact) mass is 2030 g/mol. The number of pyridine rings is 4. The maximum atomic E-state index is 12.9. The van der Waals surface area contributed by atoms with Crippen molar-refractivity contribution >= 4 is 168 Å². The number of aromatic nitrogens is 7. The van der Waals surface area contributed by atoms with Crippen molar-refractivity contribution in [3.05, 3.63) is 168 Å². The molecule has 0 bridgehead atoms. The smallest absolute Gasteiger partial charge is 0.399 e. The van der Waals surface area contributed by atoms with E-state index in [4.69, 9.17) is 61.4 Å². The molecule has 0 aliphatic carbocycles. The molecule has 10 aromatic rings. The number of likely N-dealkylation sites (tertiary alicyclic amines) is 3. The van der Waals surface area contributed by atoms with Gasteiger partial charge in [0.15, 0.2) is 5.78 Å². The lowest BCUT2D eigenvalue weighted by Crippen LogP contribution is -2.41. The van der Waals surface area contributed by atoms with Crippen LogP contribution < -0.4 is 46.7 Å². The summed E-state index contributed by atoms with van der Waals surface area (Å²) in [5, 5.41) is 16.5. The van der Waals surface area contributed by atoms with Crippen LogP contribution >= 0.6 is 85.4 Å². The molecular weight excluding hydrogens is 1910 g/mol. The molecule has 8 aliphatic rings. The molecule has 0 spiro atoms. The van der Waals surface area contributed by atoms with Crippen LogP contribution in [0.1, 0.15) is 107 Å². The summed E-state index contributed by atoms with van der Waals surface area (Å²) in [4.78, 5) is 96.0. The molecule has 8 saturated heterocycles. The molecular formula is C96H117BBrCl2F3N18O10S4. The van der Waals surface area contributed by atoms with Crippen LogP contribution in [0.3, 0.4) is 0 Å². The van der Waals surface area contributed by atoms with Gasteiger partial charge in [-0.25, -0.2) is 49.3 Å². The zero-order chi connectivity index (χ0) is 95.9. The van der Waals surface area contributed by atoms with E-state index in [2.05, 4.69) is 171 Å². The Labute approximate surface area is 823 Å². The van der Waals surface area contributed by atoms with E-state index in [1.807, 2.05) is 102 Å².